The fraction of sp³-hybridized carbons (Fsp3) is 0.647. The monoisotopic (exact) mass is 358 g/mol. The number of likely N-dealkylation sites (tertiary alicyclic amines) is 1. The minimum atomic E-state index is -4.36. The summed E-state index contributed by atoms with van der Waals surface area (Å²) < 4.78 is 41.0. The molecule has 1 aliphatic rings. The Balaban J connectivity index is 1.93. The molecule has 0 aromatic carbocycles. The summed E-state index contributed by atoms with van der Waals surface area (Å²) in [6.07, 6.45) is -0.567. The Labute approximate surface area is 146 Å². The van der Waals surface area contributed by atoms with E-state index in [1.54, 1.807) is 6.07 Å². The van der Waals surface area contributed by atoms with E-state index in [9.17, 15) is 13.2 Å². The summed E-state index contributed by atoms with van der Waals surface area (Å²) in [6, 6.07) is 3.12. The quantitative estimate of drug-likeness (QED) is 0.649. The number of aromatic nitrogens is 1. The highest BCUT2D eigenvalue weighted by atomic mass is 19.4. The Bertz CT molecular complexity index is 552. The van der Waals surface area contributed by atoms with Crippen molar-refractivity contribution >= 4 is 5.96 Å². The summed E-state index contributed by atoms with van der Waals surface area (Å²) in [5.41, 5.74) is 0.820. The topological polar surface area (TPSA) is 49.8 Å². The number of ether oxygens (including phenoxy) is 1. The summed E-state index contributed by atoms with van der Waals surface area (Å²) in [5.74, 6) is 1.57. The van der Waals surface area contributed by atoms with Gasteiger partial charge in [-0.25, -0.2) is 9.98 Å². The predicted octanol–water partition coefficient (Wildman–Crippen LogP) is 3.22. The van der Waals surface area contributed by atoms with Crippen LogP contribution in [0.4, 0.5) is 13.2 Å². The van der Waals surface area contributed by atoms with Gasteiger partial charge in [0.25, 0.3) is 0 Å². The molecule has 1 N–H and O–H groups in total. The molecule has 2 rings (SSSR count). The molecule has 1 fully saturated rings. The number of aliphatic imine (C=N–C) groups is 1. The van der Waals surface area contributed by atoms with Crippen molar-refractivity contribution in [2.45, 2.75) is 39.4 Å². The number of hydrogen-bond donors (Lipinski definition) is 1. The van der Waals surface area contributed by atoms with E-state index in [-0.39, 0.29) is 5.88 Å². The number of nitrogens with zero attached hydrogens (tertiary/aromatic N) is 3. The Kier molecular flexibility index (Phi) is 6.90. The average Bonchev–Trinajstić information content (AvgIpc) is 2.58. The van der Waals surface area contributed by atoms with Crippen molar-refractivity contribution in [3.63, 3.8) is 0 Å². The van der Waals surface area contributed by atoms with Crippen LogP contribution in [-0.4, -0.2) is 48.3 Å². The molecule has 1 aliphatic heterocycles. The van der Waals surface area contributed by atoms with Gasteiger partial charge in [-0.3, -0.25) is 0 Å². The minimum Gasteiger partial charge on any atom is -0.468 e. The SMILES string of the molecule is CCNC(=NCc1ccc(OCC(F)(F)F)nc1)N1CCC(C)CC1. The van der Waals surface area contributed by atoms with Crippen LogP contribution < -0.4 is 10.1 Å². The van der Waals surface area contributed by atoms with Crippen molar-refractivity contribution in [3.05, 3.63) is 23.9 Å². The normalized spacial score (nSPS) is 16.8. The van der Waals surface area contributed by atoms with E-state index >= 15 is 0 Å². The molecule has 140 valence electrons. The fourth-order valence-corrected chi connectivity index (χ4v) is 2.56. The standard InChI is InChI=1S/C17H25F3N4O/c1-3-21-16(24-8-6-13(2)7-9-24)23-11-14-4-5-15(22-10-14)25-12-17(18,19)20/h4-5,10,13H,3,6-9,11-12H2,1-2H3,(H,21,23). The molecule has 0 spiro atoms. The van der Waals surface area contributed by atoms with Gasteiger partial charge in [0.2, 0.25) is 5.88 Å². The molecule has 25 heavy (non-hydrogen) atoms. The lowest BCUT2D eigenvalue weighted by Gasteiger charge is -2.33. The maximum absolute atomic E-state index is 12.1. The molecule has 0 aliphatic carbocycles. The van der Waals surface area contributed by atoms with Crippen LogP contribution in [0.25, 0.3) is 0 Å². The molecule has 0 radical (unpaired) electrons. The molecular formula is C17H25F3N4O. The molecule has 1 saturated heterocycles. The lowest BCUT2D eigenvalue weighted by atomic mass is 10.00. The Hall–Kier alpha value is -1.99. The first kappa shape index (κ1) is 19.3. The number of hydrogen-bond acceptors (Lipinski definition) is 3. The van der Waals surface area contributed by atoms with Crippen molar-refractivity contribution in [2.24, 2.45) is 10.9 Å². The van der Waals surface area contributed by atoms with Gasteiger partial charge in [-0.15, -0.1) is 0 Å². The first-order valence-corrected chi connectivity index (χ1v) is 8.55. The zero-order valence-electron chi connectivity index (χ0n) is 14.6. The Morgan fingerprint density at radius 1 is 1.36 bits per heavy atom. The van der Waals surface area contributed by atoms with Gasteiger partial charge in [0.1, 0.15) is 0 Å². The molecule has 8 heteroatoms. The number of guanidine groups is 1. The summed E-state index contributed by atoms with van der Waals surface area (Å²) in [7, 11) is 0. The number of nitrogens with one attached hydrogen (secondary N) is 1. The zero-order valence-corrected chi connectivity index (χ0v) is 14.6. The Morgan fingerprint density at radius 2 is 2.08 bits per heavy atom. The van der Waals surface area contributed by atoms with Crippen LogP contribution in [0.1, 0.15) is 32.3 Å². The van der Waals surface area contributed by atoms with Crippen LogP contribution in [0.3, 0.4) is 0 Å². The molecule has 0 atom stereocenters. The highest BCUT2D eigenvalue weighted by Crippen LogP contribution is 2.18. The molecule has 0 unspecified atom stereocenters. The largest absolute Gasteiger partial charge is 0.468 e. The van der Waals surface area contributed by atoms with E-state index in [4.69, 9.17) is 0 Å². The second-order valence-corrected chi connectivity index (χ2v) is 6.25. The maximum Gasteiger partial charge on any atom is 0.422 e. The first-order chi connectivity index (χ1) is 11.9. The summed E-state index contributed by atoms with van der Waals surface area (Å²) in [4.78, 5) is 10.8. The Morgan fingerprint density at radius 3 is 2.64 bits per heavy atom. The average molecular weight is 358 g/mol. The van der Waals surface area contributed by atoms with E-state index in [1.165, 1.54) is 12.3 Å². The van der Waals surface area contributed by atoms with Crippen LogP contribution in [0.2, 0.25) is 0 Å². The molecular weight excluding hydrogens is 333 g/mol. The van der Waals surface area contributed by atoms with Gasteiger partial charge in [0.05, 0.1) is 6.54 Å². The zero-order chi connectivity index (χ0) is 18.3. The van der Waals surface area contributed by atoms with Gasteiger partial charge in [-0.05, 0) is 31.2 Å². The van der Waals surface area contributed by atoms with E-state index in [0.29, 0.717) is 6.54 Å². The first-order valence-electron chi connectivity index (χ1n) is 8.55. The lowest BCUT2D eigenvalue weighted by molar-refractivity contribution is -0.154. The summed E-state index contributed by atoms with van der Waals surface area (Å²) in [6.45, 7) is 6.11. The maximum atomic E-state index is 12.1. The molecule has 0 bridgehead atoms. The molecule has 1 aromatic heterocycles. The van der Waals surface area contributed by atoms with Crippen molar-refractivity contribution < 1.29 is 17.9 Å². The molecule has 1 aromatic rings. The molecule has 0 saturated carbocycles. The third-order valence-corrected chi connectivity index (χ3v) is 4.01. The lowest BCUT2D eigenvalue weighted by Crippen LogP contribution is -2.45. The predicted molar refractivity (Wildman–Crippen MR) is 90.6 cm³/mol. The highest BCUT2D eigenvalue weighted by molar-refractivity contribution is 5.80. The number of halogens is 3. The van der Waals surface area contributed by atoms with Gasteiger partial charge < -0.3 is 15.0 Å². The van der Waals surface area contributed by atoms with Gasteiger partial charge in [0, 0.05) is 31.9 Å². The van der Waals surface area contributed by atoms with Crippen molar-refractivity contribution in [2.75, 3.05) is 26.2 Å². The van der Waals surface area contributed by atoms with E-state index in [2.05, 4.69) is 31.9 Å². The molecule has 5 nitrogen and oxygen atoms in total. The van der Waals surface area contributed by atoms with Crippen LogP contribution >= 0.6 is 0 Å². The number of pyridine rings is 1. The molecule has 0 amide bonds. The number of alkyl halides is 3. The van der Waals surface area contributed by atoms with Gasteiger partial charge in [-0.2, -0.15) is 13.2 Å². The van der Waals surface area contributed by atoms with Gasteiger partial charge in [0.15, 0.2) is 12.6 Å². The van der Waals surface area contributed by atoms with E-state index in [1.807, 2.05) is 6.92 Å². The van der Waals surface area contributed by atoms with Crippen LogP contribution in [0.15, 0.2) is 23.3 Å². The summed E-state index contributed by atoms with van der Waals surface area (Å²) in [5, 5.41) is 3.29. The third-order valence-electron chi connectivity index (χ3n) is 4.01. The minimum absolute atomic E-state index is 0.0398. The van der Waals surface area contributed by atoms with E-state index < -0.39 is 12.8 Å². The third kappa shape index (κ3) is 6.80. The van der Waals surface area contributed by atoms with E-state index in [0.717, 1.165) is 49.9 Å². The second kappa shape index (κ2) is 8.92. The van der Waals surface area contributed by atoms with Crippen LogP contribution in [0, 0.1) is 5.92 Å². The molecule has 2 heterocycles. The van der Waals surface area contributed by atoms with Crippen molar-refractivity contribution in [1.82, 2.24) is 15.2 Å². The van der Waals surface area contributed by atoms with Crippen LogP contribution in [-0.2, 0) is 6.54 Å². The van der Waals surface area contributed by atoms with Crippen molar-refractivity contribution in [3.8, 4) is 5.88 Å². The fourth-order valence-electron chi connectivity index (χ4n) is 2.56. The van der Waals surface area contributed by atoms with Gasteiger partial charge in [-0.1, -0.05) is 13.0 Å². The smallest absolute Gasteiger partial charge is 0.422 e. The van der Waals surface area contributed by atoms with Crippen LogP contribution in [0.5, 0.6) is 5.88 Å². The second-order valence-electron chi connectivity index (χ2n) is 6.25. The van der Waals surface area contributed by atoms with Crippen molar-refractivity contribution in [1.29, 1.82) is 0 Å². The highest BCUT2D eigenvalue weighted by Gasteiger charge is 2.28. The van der Waals surface area contributed by atoms with Gasteiger partial charge >= 0.3 is 6.18 Å². The number of piperidine rings is 1. The summed E-state index contributed by atoms with van der Waals surface area (Å²) >= 11 is 0. The number of rotatable bonds is 5.